The van der Waals surface area contributed by atoms with Gasteiger partial charge in [-0.25, -0.2) is 0 Å². The second-order valence-electron chi connectivity index (χ2n) is 4.70. The lowest BCUT2D eigenvalue weighted by Crippen LogP contribution is -2.04. The minimum atomic E-state index is 0.550. The number of ether oxygens (including phenoxy) is 1. The van der Waals surface area contributed by atoms with Gasteiger partial charge in [-0.15, -0.1) is 0 Å². The molecule has 3 rings (SSSR count). The van der Waals surface area contributed by atoms with Crippen LogP contribution in [0.25, 0.3) is 10.8 Å². The van der Waals surface area contributed by atoms with Gasteiger partial charge in [0.1, 0.15) is 11.5 Å². The molecule has 0 aromatic heterocycles. The van der Waals surface area contributed by atoms with Gasteiger partial charge in [0.15, 0.2) is 0 Å². The summed E-state index contributed by atoms with van der Waals surface area (Å²) in [5.41, 5.74) is 2.30. The van der Waals surface area contributed by atoms with Gasteiger partial charge < -0.3 is 9.94 Å². The van der Waals surface area contributed by atoms with Crippen molar-refractivity contribution < 1.29 is 9.94 Å². The van der Waals surface area contributed by atoms with Crippen LogP contribution in [0.5, 0.6) is 5.75 Å². The molecule has 0 fully saturated rings. The fourth-order valence-corrected chi connectivity index (χ4v) is 2.45. The van der Waals surface area contributed by atoms with Gasteiger partial charge in [0, 0.05) is 11.1 Å². The standard InChI is InChI=1S/C18H15NO2/c1-21-15-11-9-14(10-12-15)18(19-20)17-8-4-6-13-5-2-3-7-16(13)17/h2-12,20H,1H3/b19-18-. The Hall–Kier alpha value is -2.81. The van der Waals surface area contributed by atoms with Crippen LogP contribution in [-0.4, -0.2) is 18.0 Å². The summed E-state index contributed by atoms with van der Waals surface area (Å²) in [6.07, 6.45) is 0. The second kappa shape index (κ2) is 5.67. The molecule has 0 spiro atoms. The van der Waals surface area contributed by atoms with E-state index in [9.17, 15) is 5.21 Å². The third-order valence-corrected chi connectivity index (χ3v) is 3.51. The van der Waals surface area contributed by atoms with E-state index in [0.29, 0.717) is 5.71 Å². The highest BCUT2D eigenvalue weighted by atomic mass is 16.5. The highest BCUT2D eigenvalue weighted by Gasteiger charge is 2.11. The Morgan fingerprint density at radius 3 is 2.33 bits per heavy atom. The first-order valence-electron chi connectivity index (χ1n) is 6.68. The molecule has 21 heavy (non-hydrogen) atoms. The molecule has 0 radical (unpaired) electrons. The SMILES string of the molecule is COc1ccc(/C(=N/O)c2cccc3ccccc23)cc1. The minimum absolute atomic E-state index is 0.550. The van der Waals surface area contributed by atoms with E-state index in [1.165, 1.54) is 0 Å². The highest BCUT2D eigenvalue weighted by Crippen LogP contribution is 2.23. The molecule has 0 aliphatic rings. The lowest BCUT2D eigenvalue weighted by atomic mass is 9.96. The van der Waals surface area contributed by atoms with Crippen molar-refractivity contribution in [2.75, 3.05) is 7.11 Å². The number of benzene rings is 3. The van der Waals surface area contributed by atoms with E-state index in [4.69, 9.17) is 4.74 Å². The first-order valence-corrected chi connectivity index (χ1v) is 6.68. The number of nitrogens with zero attached hydrogens (tertiary/aromatic N) is 1. The number of rotatable bonds is 3. The predicted octanol–water partition coefficient (Wildman–Crippen LogP) is 4.08. The van der Waals surface area contributed by atoms with E-state index in [1.807, 2.05) is 66.7 Å². The zero-order valence-corrected chi connectivity index (χ0v) is 11.7. The Morgan fingerprint density at radius 2 is 1.62 bits per heavy atom. The largest absolute Gasteiger partial charge is 0.497 e. The summed E-state index contributed by atoms with van der Waals surface area (Å²) in [6, 6.07) is 21.5. The second-order valence-corrected chi connectivity index (χ2v) is 4.70. The van der Waals surface area contributed by atoms with Crippen LogP contribution in [0.2, 0.25) is 0 Å². The minimum Gasteiger partial charge on any atom is -0.497 e. The van der Waals surface area contributed by atoms with Gasteiger partial charge in [0.2, 0.25) is 0 Å². The van der Waals surface area contributed by atoms with Crippen LogP contribution in [0.1, 0.15) is 11.1 Å². The Bertz CT molecular complexity index is 786. The maximum absolute atomic E-state index is 9.48. The molecule has 0 saturated carbocycles. The maximum Gasteiger partial charge on any atom is 0.118 e. The predicted molar refractivity (Wildman–Crippen MR) is 84.4 cm³/mol. The molecular weight excluding hydrogens is 262 g/mol. The zero-order valence-electron chi connectivity index (χ0n) is 11.7. The molecule has 3 aromatic carbocycles. The molecule has 3 aromatic rings. The fourth-order valence-electron chi connectivity index (χ4n) is 2.45. The van der Waals surface area contributed by atoms with Gasteiger partial charge in [0.05, 0.1) is 7.11 Å². The van der Waals surface area contributed by atoms with Crippen molar-refractivity contribution in [3.63, 3.8) is 0 Å². The van der Waals surface area contributed by atoms with Crippen LogP contribution >= 0.6 is 0 Å². The van der Waals surface area contributed by atoms with E-state index < -0.39 is 0 Å². The summed E-state index contributed by atoms with van der Waals surface area (Å²) in [7, 11) is 1.63. The first-order chi connectivity index (χ1) is 10.3. The normalized spacial score (nSPS) is 11.6. The summed E-state index contributed by atoms with van der Waals surface area (Å²) in [5.74, 6) is 0.772. The van der Waals surface area contributed by atoms with Crippen molar-refractivity contribution in [2.45, 2.75) is 0 Å². The van der Waals surface area contributed by atoms with Crippen molar-refractivity contribution in [3.8, 4) is 5.75 Å². The van der Waals surface area contributed by atoms with Crippen molar-refractivity contribution in [1.29, 1.82) is 0 Å². The lowest BCUT2D eigenvalue weighted by Gasteiger charge is -2.09. The molecule has 3 nitrogen and oxygen atoms in total. The van der Waals surface area contributed by atoms with Crippen molar-refractivity contribution >= 4 is 16.5 Å². The van der Waals surface area contributed by atoms with E-state index in [-0.39, 0.29) is 0 Å². The quantitative estimate of drug-likeness (QED) is 0.445. The van der Waals surface area contributed by atoms with Gasteiger partial charge in [-0.05, 0) is 35.0 Å². The molecule has 0 amide bonds. The third kappa shape index (κ3) is 2.46. The molecule has 0 aliphatic heterocycles. The van der Waals surface area contributed by atoms with Gasteiger partial charge >= 0.3 is 0 Å². The summed E-state index contributed by atoms with van der Waals surface area (Å²) < 4.78 is 5.16. The van der Waals surface area contributed by atoms with Crippen LogP contribution in [0.15, 0.2) is 71.9 Å². The van der Waals surface area contributed by atoms with Crippen molar-refractivity contribution in [3.05, 3.63) is 77.9 Å². The number of methoxy groups -OCH3 is 1. The number of oxime groups is 1. The Kier molecular flexibility index (Phi) is 3.56. The Balaban J connectivity index is 2.14. The lowest BCUT2D eigenvalue weighted by molar-refractivity contribution is 0.319. The van der Waals surface area contributed by atoms with E-state index in [0.717, 1.165) is 27.6 Å². The van der Waals surface area contributed by atoms with Crippen LogP contribution in [0, 0.1) is 0 Å². The van der Waals surface area contributed by atoms with Crippen LogP contribution in [0.3, 0.4) is 0 Å². The summed E-state index contributed by atoms with van der Waals surface area (Å²) in [5, 5.41) is 15.2. The van der Waals surface area contributed by atoms with Crippen LogP contribution in [-0.2, 0) is 0 Å². The molecule has 1 N–H and O–H groups in total. The van der Waals surface area contributed by atoms with Crippen molar-refractivity contribution in [2.24, 2.45) is 5.16 Å². The van der Waals surface area contributed by atoms with Gasteiger partial charge in [-0.1, -0.05) is 47.6 Å². The first kappa shape index (κ1) is 13.2. The van der Waals surface area contributed by atoms with E-state index >= 15 is 0 Å². The van der Waals surface area contributed by atoms with Gasteiger partial charge in [-0.2, -0.15) is 0 Å². The molecule has 0 saturated heterocycles. The average Bonchev–Trinajstić information content (AvgIpc) is 2.56. The van der Waals surface area contributed by atoms with Gasteiger partial charge in [0.25, 0.3) is 0 Å². The van der Waals surface area contributed by atoms with Crippen LogP contribution in [0.4, 0.5) is 0 Å². The van der Waals surface area contributed by atoms with E-state index in [1.54, 1.807) is 7.11 Å². The fraction of sp³-hybridized carbons (Fsp3) is 0.0556. The van der Waals surface area contributed by atoms with E-state index in [2.05, 4.69) is 5.16 Å². The molecule has 0 heterocycles. The van der Waals surface area contributed by atoms with Crippen LogP contribution < -0.4 is 4.74 Å². The molecular formula is C18H15NO2. The monoisotopic (exact) mass is 277 g/mol. The number of fused-ring (bicyclic) bond motifs is 1. The number of hydrogen-bond donors (Lipinski definition) is 1. The summed E-state index contributed by atoms with van der Waals surface area (Å²) in [6.45, 7) is 0. The molecule has 0 atom stereocenters. The van der Waals surface area contributed by atoms with Crippen molar-refractivity contribution in [1.82, 2.24) is 0 Å². The highest BCUT2D eigenvalue weighted by molar-refractivity contribution is 6.19. The molecule has 0 unspecified atom stereocenters. The average molecular weight is 277 g/mol. The molecule has 104 valence electrons. The Labute approximate surface area is 123 Å². The summed E-state index contributed by atoms with van der Waals surface area (Å²) >= 11 is 0. The third-order valence-electron chi connectivity index (χ3n) is 3.51. The maximum atomic E-state index is 9.48. The Morgan fingerprint density at radius 1 is 0.905 bits per heavy atom. The molecule has 0 bridgehead atoms. The smallest absolute Gasteiger partial charge is 0.118 e. The van der Waals surface area contributed by atoms with Gasteiger partial charge in [-0.3, -0.25) is 0 Å². The summed E-state index contributed by atoms with van der Waals surface area (Å²) in [4.78, 5) is 0. The number of hydrogen-bond acceptors (Lipinski definition) is 3. The topological polar surface area (TPSA) is 41.8 Å². The zero-order chi connectivity index (χ0) is 14.7. The molecule has 3 heteroatoms. The molecule has 0 aliphatic carbocycles.